The summed E-state index contributed by atoms with van der Waals surface area (Å²) in [6, 6.07) is 3.72. The topological polar surface area (TPSA) is 66.5 Å². The van der Waals surface area contributed by atoms with Crippen molar-refractivity contribution in [3.63, 3.8) is 0 Å². The number of nitrogens with zero attached hydrogens (tertiary/aromatic N) is 1. The second-order valence-electron chi connectivity index (χ2n) is 3.47. The summed E-state index contributed by atoms with van der Waals surface area (Å²) >= 11 is 3.09. The highest BCUT2D eigenvalue weighted by Gasteiger charge is 2.08. The van der Waals surface area contributed by atoms with Crippen LogP contribution < -0.4 is 0 Å². The van der Waals surface area contributed by atoms with Gasteiger partial charge in [0.25, 0.3) is 0 Å². The maximum absolute atomic E-state index is 9.19. The fraction of sp³-hybridized carbons (Fsp3) is 0.364. The monoisotopic (exact) mass is 271 g/mol. The van der Waals surface area contributed by atoms with E-state index in [2.05, 4.69) is 4.98 Å². The average molecular weight is 271 g/mol. The summed E-state index contributed by atoms with van der Waals surface area (Å²) in [6.07, 6.45) is 0.978. The molecular formula is C11H13NO3S2. The minimum atomic E-state index is -0.650. The Balaban J connectivity index is 1.87. The first-order valence-corrected chi connectivity index (χ1v) is 7.18. The molecule has 92 valence electrons. The molecule has 0 aliphatic rings. The first kappa shape index (κ1) is 12.6. The van der Waals surface area contributed by atoms with Gasteiger partial charge in [0.05, 0.1) is 24.7 Å². The van der Waals surface area contributed by atoms with Crippen LogP contribution in [0.2, 0.25) is 0 Å². The Morgan fingerprint density at radius 3 is 3.12 bits per heavy atom. The standard InChI is InChI=1S/C11H13NO3S2/c13-4-9(14)7-16-5-8-6-17-11(12-8)10-2-1-3-15-10/h1-3,6,9,13-14H,4-5,7H2/t9-/m0/s1. The highest BCUT2D eigenvalue weighted by atomic mass is 32.2. The fourth-order valence-corrected chi connectivity index (χ4v) is 2.98. The van der Waals surface area contributed by atoms with Crippen LogP contribution in [0.15, 0.2) is 28.2 Å². The second kappa shape index (κ2) is 6.20. The normalized spacial score (nSPS) is 12.8. The number of furan rings is 1. The minimum Gasteiger partial charge on any atom is -0.462 e. The van der Waals surface area contributed by atoms with E-state index in [4.69, 9.17) is 9.52 Å². The molecule has 2 aromatic rings. The lowest BCUT2D eigenvalue weighted by atomic mass is 10.4. The number of thiazole rings is 1. The molecular weight excluding hydrogens is 258 g/mol. The predicted molar refractivity (Wildman–Crippen MR) is 69.1 cm³/mol. The van der Waals surface area contributed by atoms with Gasteiger partial charge in [-0.15, -0.1) is 11.3 Å². The molecule has 0 saturated carbocycles. The highest BCUT2D eigenvalue weighted by Crippen LogP contribution is 2.25. The summed E-state index contributed by atoms with van der Waals surface area (Å²) in [7, 11) is 0. The van der Waals surface area contributed by atoms with Gasteiger partial charge in [-0.05, 0) is 12.1 Å². The molecule has 0 amide bonds. The summed E-state index contributed by atoms with van der Waals surface area (Å²) < 4.78 is 5.26. The second-order valence-corrected chi connectivity index (χ2v) is 5.36. The Morgan fingerprint density at radius 1 is 1.53 bits per heavy atom. The van der Waals surface area contributed by atoms with Gasteiger partial charge in [0.1, 0.15) is 0 Å². The van der Waals surface area contributed by atoms with E-state index in [0.29, 0.717) is 5.75 Å². The Morgan fingerprint density at radius 2 is 2.41 bits per heavy atom. The Hall–Kier alpha value is -0.820. The van der Waals surface area contributed by atoms with Crippen LogP contribution in [-0.4, -0.2) is 33.7 Å². The molecule has 2 aromatic heterocycles. The largest absolute Gasteiger partial charge is 0.462 e. The SMILES string of the molecule is OC[C@H](O)CSCc1csc(-c2ccco2)n1. The Bertz CT molecular complexity index is 441. The molecule has 0 bridgehead atoms. The molecule has 2 rings (SSSR count). The summed E-state index contributed by atoms with van der Waals surface area (Å²) in [4.78, 5) is 4.44. The van der Waals surface area contributed by atoms with E-state index in [1.165, 1.54) is 0 Å². The van der Waals surface area contributed by atoms with Crippen molar-refractivity contribution in [3.05, 3.63) is 29.5 Å². The number of thioether (sulfide) groups is 1. The lowest BCUT2D eigenvalue weighted by Crippen LogP contribution is -2.14. The van der Waals surface area contributed by atoms with Crippen LogP contribution >= 0.6 is 23.1 Å². The van der Waals surface area contributed by atoms with Crippen molar-refractivity contribution in [1.29, 1.82) is 0 Å². The summed E-state index contributed by atoms with van der Waals surface area (Å²) in [5.74, 6) is 2.03. The van der Waals surface area contributed by atoms with Gasteiger partial charge in [-0.25, -0.2) is 4.98 Å². The third kappa shape index (κ3) is 3.57. The van der Waals surface area contributed by atoms with E-state index in [-0.39, 0.29) is 6.61 Å². The van der Waals surface area contributed by atoms with E-state index >= 15 is 0 Å². The van der Waals surface area contributed by atoms with E-state index < -0.39 is 6.10 Å². The number of hydrogen-bond acceptors (Lipinski definition) is 6. The molecule has 2 heterocycles. The van der Waals surface area contributed by atoms with Gasteiger partial charge in [-0.2, -0.15) is 11.8 Å². The van der Waals surface area contributed by atoms with Crippen molar-refractivity contribution in [2.24, 2.45) is 0 Å². The van der Waals surface area contributed by atoms with Crippen LogP contribution in [0.25, 0.3) is 10.8 Å². The minimum absolute atomic E-state index is 0.193. The quantitative estimate of drug-likeness (QED) is 0.841. The van der Waals surface area contributed by atoms with Crippen molar-refractivity contribution in [1.82, 2.24) is 4.98 Å². The molecule has 0 fully saturated rings. The predicted octanol–water partition coefficient (Wildman–Crippen LogP) is 1.99. The van der Waals surface area contributed by atoms with Gasteiger partial charge in [0.15, 0.2) is 10.8 Å². The van der Waals surface area contributed by atoms with Crippen molar-refractivity contribution >= 4 is 23.1 Å². The van der Waals surface area contributed by atoms with E-state index in [1.54, 1.807) is 29.4 Å². The molecule has 1 atom stereocenters. The van der Waals surface area contributed by atoms with E-state index in [1.807, 2.05) is 17.5 Å². The number of hydrogen-bond donors (Lipinski definition) is 2. The highest BCUT2D eigenvalue weighted by molar-refractivity contribution is 7.98. The zero-order valence-corrected chi connectivity index (χ0v) is 10.7. The maximum Gasteiger partial charge on any atom is 0.162 e. The number of rotatable bonds is 6. The maximum atomic E-state index is 9.19. The Labute approximate surface area is 107 Å². The van der Waals surface area contributed by atoms with Crippen LogP contribution in [0.1, 0.15) is 5.69 Å². The molecule has 4 nitrogen and oxygen atoms in total. The summed E-state index contributed by atoms with van der Waals surface area (Å²) in [5.41, 5.74) is 0.969. The van der Waals surface area contributed by atoms with Gasteiger partial charge < -0.3 is 14.6 Å². The van der Waals surface area contributed by atoms with Crippen LogP contribution in [0, 0.1) is 0 Å². The van der Waals surface area contributed by atoms with Crippen molar-refractivity contribution < 1.29 is 14.6 Å². The van der Waals surface area contributed by atoms with Gasteiger partial charge in [0.2, 0.25) is 0 Å². The van der Waals surface area contributed by atoms with Gasteiger partial charge in [-0.3, -0.25) is 0 Å². The molecule has 0 aromatic carbocycles. The van der Waals surface area contributed by atoms with Crippen molar-refractivity contribution in [2.45, 2.75) is 11.9 Å². The summed E-state index contributed by atoms with van der Waals surface area (Å²) in [6.45, 7) is -0.193. The van der Waals surface area contributed by atoms with E-state index in [9.17, 15) is 5.11 Å². The van der Waals surface area contributed by atoms with Gasteiger partial charge in [-0.1, -0.05) is 0 Å². The molecule has 0 saturated heterocycles. The van der Waals surface area contributed by atoms with Crippen LogP contribution in [0.3, 0.4) is 0 Å². The Kier molecular flexibility index (Phi) is 4.61. The first-order valence-electron chi connectivity index (χ1n) is 5.14. The zero-order chi connectivity index (χ0) is 12.1. The number of aliphatic hydroxyl groups excluding tert-OH is 2. The van der Waals surface area contributed by atoms with Crippen molar-refractivity contribution in [2.75, 3.05) is 12.4 Å². The van der Waals surface area contributed by atoms with Gasteiger partial charge >= 0.3 is 0 Å². The molecule has 0 radical (unpaired) electrons. The first-order chi connectivity index (χ1) is 8.29. The summed E-state index contributed by atoms with van der Waals surface area (Å²) in [5, 5.41) is 20.7. The smallest absolute Gasteiger partial charge is 0.162 e. The lowest BCUT2D eigenvalue weighted by molar-refractivity contribution is 0.113. The molecule has 0 unspecified atom stereocenters. The molecule has 0 aliphatic heterocycles. The molecule has 17 heavy (non-hydrogen) atoms. The van der Waals surface area contributed by atoms with Gasteiger partial charge in [0, 0.05) is 16.9 Å². The number of aromatic nitrogens is 1. The fourth-order valence-electron chi connectivity index (χ4n) is 1.24. The number of aliphatic hydroxyl groups is 2. The zero-order valence-electron chi connectivity index (χ0n) is 9.07. The third-order valence-electron chi connectivity index (χ3n) is 2.05. The molecule has 6 heteroatoms. The average Bonchev–Trinajstić information content (AvgIpc) is 2.98. The molecule has 2 N–H and O–H groups in total. The van der Waals surface area contributed by atoms with Crippen LogP contribution in [0.5, 0.6) is 0 Å². The van der Waals surface area contributed by atoms with Crippen LogP contribution in [-0.2, 0) is 5.75 Å². The lowest BCUT2D eigenvalue weighted by Gasteiger charge is -2.04. The van der Waals surface area contributed by atoms with Crippen LogP contribution in [0.4, 0.5) is 0 Å². The molecule has 0 aliphatic carbocycles. The molecule has 0 spiro atoms. The third-order valence-corrected chi connectivity index (χ3v) is 4.08. The van der Waals surface area contributed by atoms with E-state index in [0.717, 1.165) is 22.2 Å². The van der Waals surface area contributed by atoms with Crippen molar-refractivity contribution in [3.8, 4) is 10.8 Å².